The molecule has 0 unspecified atom stereocenters. The molecule has 0 amide bonds. The molecule has 94 valence electrons. The van der Waals surface area contributed by atoms with Gasteiger partial charge in [0.15, 0.2) is 0 Å². The number of nitrogens with zero attached hydrogens (tertiary/aromatic N) is 3. The van der Waals surface area contributed by atoms with Crippen molar-refractivity contribution in [2.24, 2.45) is 0 Å². The molecule has 6 heteroatoms. The second-order valence-corrected chi connectivity index (χ2v) is 3.73. The van der Waals surface area contributed by atoms with Crippen LogP contribution in [-0.4, -0.2) is 21.0 Å². The van der Waals surface area contributed by atoms with Crippen molar-refractivity contribution < 1.29 is 9.90 Å². The van der Waals surface area contributed by atoms with Crippen LogP contribution in [0.4, 0.5) is 5.95 Å². The normalized spacial score (nSPS) is 9.63. The summed E-state index contributed by atoms with van der Waals surface area (Å²) in [7, 11) is 0. The van der Waals surface area contributed by atoms with Crippen LogP contribution in [0.25, 0.3) is 0 Å². The van der Waals surface area contributed by atoms with E-state index in [2.05, 4.69) is 15.3 Å². The number of benzene rings is 1. The fourth-order valence-electron chi connectivity index (χ4n) is 1.45. The average Bonchev–Trinajstić information content (AvgIpc) is 2.46. The fourth-order valence-corrected chi connectivity index (χ4v) is 1.45. The van der Waals surface area contributed by atoms with Crippen molar-refractivity contribution in [3.63, 3.8) is 0 Å². The van der Waals surface area contributed by atoms with Crippen molar-refractivity contribution in [3.8, 4) is 6.07 Å². The van der Waals surface area contributed by atoms with E-state index in [-0.39, 0.29) is 5.56 Å². The monoisotopic (exact) mass is 254 g/mol. The number of aromatic carboxylic acids is 1. The first-order valence-electron chi connectivity index (χ1n) is 5.48. The predicted octanol–water partition coefficient (Wildman–Crippen LogP) is 1.66. The first-order valence-corrected chi connectivity index (χ1v) is 5.48. The van der Waals surface area contributed by atoms with Gasteiger partial charge >= 0.3 is 5.97 Å². The third kappa shape index (κ3) is 3.26. The summed E-state index contributed by atoms with van der Waals surface area (Å²) >= 11 is 0. The van der Waals surface area contributed by atoms with Gasteiger partial charge in [0.25, 0.3) is 0 Å². The minimum absolute atomic E-state index is 0.242. The van der Waals surface area contributed by atoms with E-state index in [1.54, 1.807) is 12.1 Å². The molecule has 0 radical (unpaired) electrons. The smallest absolute Gasteiger partial charge is 0.335 e. The molecule has 2 aromatic rings. The highest BCUT2D eigenvalue weighted by molar-refractivity contribution is 5.87. The van der Waals surface area contributed by atoms with E-state index in [0.29, 0.717) is 18.2 Å². The number of anilines is 1. The highest BCUT2D eigenvalue weighted by atomic mass is 16.4. The molecule has 0 atom stereocenters. The van der Waals surface area contributed by atoms with Gasteiger partial charge in [0.2, 0.25) is 5.95 Å². The van der Waals surface area contributed by atoms with Gasteiger partial charge in [-0.3, -0.25) is 0 Å². The molecule has 0 spiro atoms. The van der Waals surface area contributed by atoms with Crippen LogP contribution in [0.3, 0.4) is 0 Å². The molecule has 0 bridgehead atoms. The maximum absolute atomic E-state index is 10.7. The molecule has 1 heterocycles. The van der Waals surface area contributed by atoms with E-state index in [9.17, 15) is 4.79 Å². The molecule has 2 N–H and O–H groups in total. The van der Waals surface area contributed by atoms with Gasteiger partial charge in [-0.25, -0.2) is 14.8 Å². The van der Waals surface area contributed by atoms with Gasteiger partial charge < -0.3 is 10.4 Å². The second-order valence-electron chi connectivity index (χ2n) is 3.73. The standard InChI is InChI=1S/C13H10N4O2/c14-7-11-5-6-15-13(17-11)16-8-9-1-3-10(4-2-9)12(18)19/h1-6H,8H2,(H,18,19)(H,15,16,17). The zero-order valence-electron chi connectivity index (χ0n) is 9.87. The molecule has 0 fully saturated rings. The second kappa shape index (κ2) is 5.60. The first-order chi connectivity index (χ1) is 9.19. The van der Waals surface area contributed by atoms with E-state index in [0.717, 1.165) is 5.56 Å². The highest BCUT2D eigenvalue weighted by Gasteiger charge is 2.02. The van der Waals surface area contributed by atoms with Gasteiger partial charge in [-0.15, -0.1) is 0 Å². The molecular weight excluding hydrogens is 244 g/mol. The van der Waals surface area contributed by atoms with Crippen LogP contribution in [0.15, 0.2) is 36.5 Å². The van der Waals surface area contributed by atoms with Gasteiger partial charge in [0, 0.05) is 12.7 Å². The van der Waals surface area contributed by atoms with Crippen LogP contribution in [0, 0.1) is 11.3 Å². The van der Waals surface area contributed by atoms with Crippen molar-refractivity contribution in [1.29, 1.82) is 5.26 Å². The van der Waals surface area contributed by atoms with Gasteiger partial charge in [-0.05, 0) is 23.8 Å². The number of hydrogen-bond donors (Lipinski definition) is 2. The lowest BCUT2D eigenvalue weighted by molar-refractivity contribution is 0.0697. The van der Waals surface area contributed by atoms with E-state index < -0.39 is 5.97 Å². The Kier molecular flexibility index (Phi) is 3.69. The molecule has 0 saturated carbocycles. The molecule has 0 aliphatic carbocycles. The predicted molar refractivity (Wildman–Crippen MR) is 67.5 cm³/mol. The highest BCUT2D eigenvalue weighted by Crippen LogP contribution is 2.07. The lowest BCUT2D eigenvalue weighted by Crippen LogP contribution is -2.04. The number of rotatable bonds is 4. The third-order valence-corrected chi connectivity index (χ3v) is 2.42. The Morgan fingerprint density at radius 3 is 2.68 bits per heavy atom. The number of nitrogens with one attached hydrogen (secondary N) is 1. The van der Waals surface area contributed by atoms with Crippen molar-refractivity contribution in [2.75, 3.05) is 5.32 Å². The van der Waals surface area contributed by atoms with Crippen LogP contribution < -0.4 is 5.32 Å². The maximum atomic E-state index is 10.7. The minimum atomic E-state index is -0.954. The van der Waals surface area contributed by atoms with E-state index in [1.807, 2.05) is 6.07 Å². The van der Waals surface area contributed by atoms with Crippen LogP contribution >= 0.6 is 0 Å². The minimum Gasteiger partial charge on any atom is -0.478 e. The number of aromatic nitrogens is 2. The maximum Gasteiger partial charge on any atom is 0.335 e. The molecule has 0 aliphatic rings. The quantitative estimate of drug-likeness (QED) is 0.860. The third-order valence-electron chi connectivity index (χ3n) is 2.42. The summed E-state index contributed by atoms with van der Waals surface area (Å²) < 4.78 is 0. The molecule has 19 heavy (non-hydrogen) atoms. The van der Waals surface area contributed by atoms with Crippen molar-refractivity contribution in [3.05, 3.63) is 53.3 Å². The Morgan fingerprint density at radius 2 is 2.05 bits per heavy atom. The SMILES string of the molecule is N#Cc1ccnc(NCc2ccc(C(=O)O)cc2)n1. The van der Waals surface area contributed by atoms with E-state index in [4.69, 9.17) is 10.4 Å². The van der Waals surface area contributed by atoms with E-state index in [1.165, 1.54) is 24.4 Å². The van der Waals surface area contributed by atoms with E-state index >= 15 is 0 Å². The number of carboxylic acids is 1. The molecule has 2 rings (SSSR count). The summed E-state index contributed by atoms with van der Waals surface area (Å²) in [6.45, 7) is 0.453. The van der Waals surface area contributed by atoms with Gasteiger partial charge in [-0.2, -0.15) is 5.26 Å². The molecule has 0 aliphatic heterocycles. The van der Waals surface area contributed by atoms with Crippen LogP contribution in [0.1, 0.15) is 21.6 Å². The zero-order valence-corrected chi connectivity index (χ0v) is 9.87. The molecule has 6 nitrogen and oxygen atoms in total. The summed E-state index contributed by atoms with van der Waals surface area (Å²) in [6, 6.07) is 9.94. The largest absolute Gasteiger partial charge is 0.478 e. The van der Waals surface area contributed by atoms with Crippen molar-refractivity contribution in [1.82, 2.24) is 9.97 Å². The Morgan fingerprint density at radius 1 is 1.32 bits per heavy atom. The lowest BCUT2D eigenvalue weighted by Gasteiger charge is -2.05. The topological polar surface area (TPSA) is 98.9 Å². The molecule has 1 aromatic heterocycles. The summed E-state index contributed by atoms with van der Waals surface area (Å²) in [5.74, 6) is -0.592. The Labute approximate surface area is 109 Å². The first kappa shape index (κ1) is 12.5. The molecular formula is C13H10N4O2. The lowest BCUT2D eigenvalue weighted by atomic mass is 10.1. The fraction of sp³-hybridized carbons (Fsp3) is 0.0769. The number of hydrogen-bond acceptors (Lipinski definition) is 5. The van der Waals surface area contributed by atoms with Crippen LogP contribution in [-0.2, 0) is 6.54 Å². The number of nitriles is 1. The Bertz CT molecular complexity index is 632. The van der Waals surface area contributed by atoms with Crippen molar-refractivity contribution in [2.45, 2.75) is 6.54 Å². The molecule has 1 aromatic carbocycles. The van der Waals surface area contributed by atoms with Gasteiger partial charge in [0.1, 0.15) is 11.8 Å². The Hall–Kier alpha value is -2.94. The van der Waals surface area contributed by atoms with Gasteiger partial charge in [0.05, 0.1) is 5.56 Å². The average molecular weight is 254 g/mol. The summed E-state index contributed by atoms with van der Waals surface area (Å²) in [5, 5.41) is 20.4. The number of carboxylic acid groups (broad SMARTS) is 1. The summed E-state index contributed by atoms with van der Waals surface area (Å²) in [6.07, 6.45) is 1.50. The van der Waals surface area contributed by atoms with Gasteiger partial charge in [-0.1, -0.05) is 12.1 Å². The summed E-state index contributed by atoms with van der Waals surface area (Å²) in [4.78, 5) is 18.7. The zero-order chi connectivity index (χ0) is 13.7. The summed E-state index contributed by atoms with van der Waals surface area (Å²) in [5.41, 5.74) is 1.43. The Balaban J connectivity index is 2.02. The number of carbonyl (C=O) groups is 1. The van der Waals surface area contributed by atoms with Crippen LogP contribution in [0.2, 0.25) is 0 Å². The van der Waals surface area contributed by atoms with Crippen molar-refractivity contribution >= 4 is 11.9 Å². The molecule has 0 saturated heterocycles. The van der Waals surface area contributed by atoms with Crippen LogP contribution in [0.5, 0.6) is 0 Å².